The number of para-hydroxylation sites is 1. The third-order valence-electron chi connectivity index (χ3n) is 2.93. The van der Waals surface area contributed by atoms with Crippen LogP contribution >= 0.6 is 27.5 Å². The summed E-state index contributed by atoms with van der Waals surface area (Å²) < 4.78 is 30.2. The van der Waals surface area contributed by atoms with Gasteiger partial charge in [0.15, 0.2) is 11.5 Å². The lowest BCUT2D eigenvalue weighted by atomic mass is 10.3. The van der Waals surface area contributed by atoms with Crippen molar-refractivity contribution in [3.05, 3.63) is 62.1 Å². The molecule has 0 unspecified atom stereocenters. The molecule has 2 aromatic rings. The number of benzene rings is 2. The molecule has 0 radical (unpaired) electrons. The highest BCUT2D eigenvalue weighted by Crippen LogP contribution is 2.27. The zero-order valence-corrected chi connectivity index (χ0v) is 16.0. The van der Waals surface area contributed by atoms with Crippen molar-refractivity contribution < 1.29 is 22.9 Å². The Hall–Kier alpha value is -2.21. The van der Waals surface area contributed by atoms with Crippen molar-refractivity contribution in [3.8, 4) is 5.75 Å². The maximum absolute atomic E-state index is 12.1. The fourth-order valence-electron chi connectivity index (χ4n) is 1.79. The van der Waals surface area contributed by atoms with E-state index in [9.17, 15) is 23.3 Å². The van der Waals surface area contributed by atoms with E-state index >= 15 is 0 Å². The van der Waals surface area contributed by atoms with Crippen LogP contribution in [0.4, 0.5) is 5.69 Å². The number of hydrazine groups is 1. The van der Waals surface area contributed by atoms with Gasteiger partial charge in [0.05, 0.1) is 9.95 Å². The highest BCUT2D eigenvalue weighted by molar-refractivity contribution is 9.10. The van der Waals surface area contributed by atoms with Gasteiger partial charge < -0.3 is 4.74 Å². The summed E-state index contributed by atoms with van der Waals surface area (Å²) >= 11 is 9.14. The summed E-state index contributed by atoms with van der Waals surface area (Å²) in [6.07, 6.45) is 0. The Kier molecular flexibility index (Phi) is 6.53. The third-order valence-corrected chi connectivity index (χ3v) is 5.01. The largest absolute Gasteiger partial charge is 0.482 e. The first-order valence-corrected chi connectivity index (χ1v) is 9.48. The van der Waals surface area contributed by atoms with E-state index in [1.807, 2.05) is 5.43 Å². The topological polar surface area (TPSA) is 128 Å². The lowest BCUT2D eigenvalue weighted by Crippen LogP contribution is -2.43. The third kappa shape index (κ3) is 5.14. The molecule has 138 valence electrons. The molecule has 0 aliphatic heterocycles. The molecule has 2 rings (SSSR count). The molecule has 0 saturated heterocycles. The van der Waals surface area contributed by atoms with Gasteiger partial charge in [0.25, 0.3) is 21.6 Å². The van der Waals surface area contributed by atoms with Crippen molar-refractivity contribution in [2.75, 3.05) is 6.61 Å². The van der Waals surface area contributed by atoms with Crippen LogP contribution in [0.15, 0.2) is 51.8 Å². The van der Waals surface area contributed by atoms with E-state index in [0.29, 0.717) is 0 Å². The predicted octanol–water partition coefficient (Wildman–Crippen LogP) is 2.40. The summed E-state index contributed by atoms with van der Waals surface area (Å²) in [5, 5.41) is 11.2. The second-order valence-corrected chi connectivity index (χ2v) is 7.72. The van der Waals surface area contributed by atoms with Crippen molar-refractivity contribution in [1.29, 1.82) is 0 Å². The highest BCUT2D eigenvalue weighted by Gasteiger charge is 2.25. The number of nitrogens with one attached hydrogen (secondary N) is 2. The molecule has 0 aliphatic carbocycles. The molecule has 0 atom stereocenters. The maximum Gasteiger partial charge on any atom is 0.289 e. The van der Waals surface area contributed by atoms with E-state index in [1.54, 1.807) is 17.0 Å². The summed E-state index contributed by atoms with van der Waals surface area (Å²) in [6.45, 7) is -0.527. The van der Waals surface area contributed by atoms with Gasteiger partial charge in [0.2, 0.25) is 0 Å². The minimum atomic E-state index is -4.34. The van der Waals surface area contributed by atoms with Crippen LogP contribution in [0, 0.1) is 10.1 Å². The van der Waals surface area contributed by atoms with Gasteiger partial charge in [-0.05, 0) is 24.3 Å². The maximum atomic E-state index is 12.1. The van der Waals surface area contributed by atoms with Gasteiger partial charge >= 0.3 is 0 Å². The Balaban J connectivity index is 1.99. The first kappa shape index (κ1) is 20.1. The first-order chi connectivity index (χ1) is 12.2. The van der Waals surface area contributed by atoms with Gasteiger partial charge in [-0.3, -0.25) is 20.3 Å². The summed E-state index contributed by atoms with van der Waals surface area (Å²) in [6, 6.07) is 9.47. The number of nitrogens with zero attached hydrogens (tertiary/aromatic N) is 1. The smallest absolute Gasteiger partial charge is 0.289 e. The number of hydrogen-bond donors (Lipinski definition) is 2. The van der Waals surface area contributed by atoms with E-state index in [4.69, 9.17) is 16.3 Å². The fourth-order valence-corrected chi connectivity index (χ4v) is 3.55. The van der Waals surface area contributed by atoms with E-state index in [2.05, 4.69) is 15.9 Å². The fraction of sp³-hybridized carbons (Fsp3) is 0.0714. The van der Waals surface area contributed by atoms with Gasteiger partial charge in [-0.1, -0.05) is 39.7 Å². The number of nitro groups is 1. The second-order valence-electron chi connectivity index (χ2n) is 4.74. The molecule has 0 spiro atoms. The van der Waals surface area contributed by atoms with Crippen LogP contribution < -0.4 is 15.0 Å². The van der Waals surface area contributed by atoms with E-state index in [0.717, 1.165) is 16.6 Å². The SMILES string of the molecule is O=C(COc1ccc(Br)cc1Cl)NNS(=O)(=O)c1ccccc1[N+](=O)[O-]. The number of hydrogen-bond acceptors (Lipinski definition) is 6. The monoisotopic (exact) mass is 463 g/mol. The minimum Gasteiger partial charge on any atom is -0.482 e. The van der Waals surface area contributed by atoms with Crippen LogP contribution in [0.2, 0.25) is 5.02 Å². The number of amides is 1. The molecule has 9 nitrogen and oxygen atoms in total. The van der Waals surface area contributed by atoms with Gasteiger partial charge in [0.1, 0.15) is 5.75 Å². The summed E-state index contributed by atoms with van der Waals surface area (Å²) in [7, 11) is -4.34. The zero-order valence-electron chi connectivity index (χ0n) is 12.8. The van der Waals surface area contributed by atoms with Crippen LogP contribution in [-0.2, 0) is 14.8 Å². The standard InChI is InChI=1S/C14H11BrClN3O6S/c15-9-5-6-12(10(16)7-9)25-8-14(20)17-18-26(23,24)13-4-2-1-3-11(13)19(21)22/h1-7,18H,8H2,(H,17,20). The van der Waals surface area contributed by atoms with Crippen molar-refractivity contribution in [2.45, 2.75) is 4.90 Å². The number of ether oxygens (including phenoxy) is 1. The average Bonchev–Trinajstić information content (AvgIpc) is 2.59. The van der Waals surface area contributed by atoms with Crippen LogP contribution in [0.1, 0.15) is 0 Å². The minimum absolute atomic E-state index is 0.228. The molecule has 12 heteroatoms. The van der Waals surface area contributed by atoms with Crippen LogP contribution in [0.5, 0.6) is 5.75 Å². The summed E-state index contributed by atoms with van der Waals surface area (Å²) in [4.78, 5) is 23.0. The first-order valence-electron chi connectivity index (χ1n) is 6.82. The van der Waals surface area contributed by atoms with Gasteiger partial charge in [-0.2, -0.15) is 0 Å². The number of carbonyl (C=O) groups excluding carboxylic acids is 1. The Bertz CT molecular complexity index is 953. The van der Waals surface area contributed by atoms with Crippen molar-refractivity contribution >= 4 is 49.1 Å². The lowest BCUT2D eigenvalue weighted by molar-refractivity contribution is -0.387. The number of rotatable bonds is 7. The molecule has 1 amide bonds. The zero-order chi connectivity index (χ0) is 19.3. The molecule has 0 fully saturated rings. The Morgan fingerprint density at radius 2 is 1.96 bits per heavy atom. The summed E-state index contributed by atoms with van der Waals surface area (Å²) in [5.41, 5.74) is 1.29. The molecule has 2 aromatic carbocycles. The summed E-state index contributed by atoms with van der Waals surface area (Å²) in [5.74, 6) is -0.599. The van der Waals surface area contributed by atoms with Crippen molar-refractivity contribution in [1.82, 2.24) is 10.3 Å². The van der Waals surface area contributed by atoms with Gasteiger partial charge in [0, 0.05) is 10.5 Å². The molecule has 2 N–H and O–H groups in total. The highest BCUT2D eigenvalue weighted by atomic mass is 79.9. The number of nitro benzene ring substituents is 1. The van der Waals surface area contributed by atoms with E-state index in [1.165, 1.54) is 18.2 Å². The molecular weight excluding hydrogens is 454 g/mol. The second kappa shape index (κ2) is 8.45. The predicted molar refractivity (Wildman–Crippen MR) is 96.2 cm³/mol. The number of carbonyl (C=O) groups is 1. The molecule has 0 aromatic heterocycles. The molecule has 0 aliphatic rings. The molecule has 0 saturated carbocycles. The van der Waals surface area contributed by atoms with Crippen LogP contribution in [0.25, 0.3) is 0 Å². The van der Waals surface area contributed by atoms with E-state index < -0.39 is 38.0 Å². The Morgan fingerprint density at radius 1 is 1.27 bits per heavy atom. The van der Waals surface area contributed by atoms with Crippen LogP contribution in [0.3, 0.4) is 0 Å². The normalized spacial score (nSPS) is 11.0. The van der Waals surface area contributed by atoms with Crippen molar-refractivity contribution in [3.63, 3.8) is 0 Å². The average molecular weight is 465 g/mol. The number of sulfonamides is 1. The molecule has 0 bridgehead atoms. The van der Waals surface area contributed by atoms with E-state index in [-0.39, 0.29) is 10.8 Å². The van der Waals surface area contributed by atoms with Crippen molar-refractivity contribution in [2.24, 2.45) is 0 Å². The molecule has 26 heavy (non-hydrogen) atoms. The van der Waals surface area contributed by atoms with Crippen LogP contribution in [-0.4, -0.2) is 25.9 Å². The Morgan fingerprint density at radius 3 is 2.62 bits per heavy atom. The molecular formula is C14H11BrClN3O6S. The van der Waals surface area contributed by atoms with Gasteiger partial charge in [-0.25, -0.2) is 8.42 Å². The number of halogens is 2. The Labute approximate surface area is 161 Å². The van der Waals surface area contributed by atoms with Gasteiger partial charge in [-0.15, -0.1) is 4.83 Å². The molecule has 0 heterocycles. The quantitative estimate of drug-likeness (QED) is 0.478. The lowest BCUT2D eigenvalue weighted by Gasteiger charge is -2.10.